The molecule has 0 aliphatic carbocycles. The van der Waals surface area contributed by atoms with Gasteiger partial charge in [-0.15, -0.1) is 0 Å². The minimum atomic E-state index is -0.577. The number of hydrogen-bond acceptors (Lipinski definition) is 7. The van der Waals surface area contributed by atoms with E-state index in [4.69, 9.17) is 4.74 Å². The highest BCUT2D eigenvalue weighted by atomic mass is 16.6. The molecule has 2 aliphatic rings. The number of aryl methyl sites for hydroxylation is 1. The van der Waals surface area contributed by atoms with Crippen molar-refractivity contribution in [1.82, 2.24) is 20.0 Å². The quantitative estimate of drug-likeness (QED) is 0.309. The van der Waals surface area contributed by atoms with Crippen molar-refractivity contribution >= 4 is 17.5 Å². The minimum Gasteiger partial charge on any atom is -0.497 e. The van der Waals surface area contributed by atoms with Gasteiger partial charge in [-0.1, -0.05) is 42.0 Å². The van der Waals surface area contributed by atoms with Gasteiger partial charge in [0.2, 0.25) is 5.91 Å². The summed E-state index contributed by atoms with van der Waals surface area (Å²) in [5.74, 6) is 0.580. The van der Waals surface area contributed by atoms with E-state index >= 15 is 0 Å². The van der Waals surface area contributed by atoms with Crippen molar-refractivity contribution in [3.05, 3.63) is 105 Å². The number of amides is 2. The van der Waals surface area contributed by atoms with Crippen LogP contribution < -0.4 is 10.1 Å². The van der Waals surface area contributed by atoms with E-state index < -0.39 is 11.0 Å². The van der Waals surface area contributed by atoms with Crippen LogP contribution in [-0.4, -0.2) is 83.4 Å². The molecule has 3 aromatic carbocycles. The number of nitro benzene ring substituents is 1. The minimum absolute atomic E-state index is 0.0175. The van der Waals surface area contributed by atoms with E-state index in [1.54, 1.807) is 24.1 Å². The monoisotopic (exact) mass is 571 g/mol. The van der Waals surface area contributed by atoms with E-state index in [0.717, 1.165) is 35.5 Å². The molecule has 2 unspecified atom stereocenters. The van der Waals surface area contributed by atoms with E-state index in [1.165, 1.54) is 12.1 Å². The number of hydrogen-bond donors (Lipinski definition) is 1. The van der Waals surface area contributed by atoms with E-state index in [-0.39, 0.29) is 23.5 Å². The number of nitrogens with zero attached hydrogens (tertiary/aromatic N) is 4. The van der Waals surface area contributed by atoms with Gasteiger partial charge in [-0.2, -0.15) is 0 Å². The summed E-state index contributed by atoms with van der Waals surface area (Å²) in [5.41, 5.74) is 3.61. The molecule has 2 amide bonds. The van der Waals surface area contributed by atoms with Crippen LogP contribution in [0.25, 0.3) is 0 Å². The van der Waals surface area contributed by atoms with Crippen LogP contribution in [0.1, 0.15) is 33.5 Å². The Labute approximate surface area is 246 Å². The summed E-state index contributed by atoms with van der Waals surface area (Å²) in [5, 5.41) is 14.5. The average Bonchev–Trinajstić information content (AvgIpc) is 3.47. The summed E-state index contributed by atoms with van der Waals surface area (Å²) < 4.78 is 5.45. The van der Waals surface area contributed by atoms with Crippen LogP contribution in [0.5, 0.6) is 5.75 Å². The average molecular weight is 572 g/mol. The Kier molecular flexibility index (Phi) is 9.14. The summed E-state index contributed by atoms with van der Waals surface area (Å²) in [6, 6.07) is 21.2. The van der Waals surface area contributed by atoms with Crippen LogP contribution in [-0.2, 0) is 17.9 Å². The zero-order chi connectivity index (χ0) is 29.6. The summed E-state index contributed by atoms with van der Waals surface area (Å²) >= 11 is 0. The number of carbonyl (C=O) groups is 2. The second-order valence-corrected chi connectivity index (χ2v) is 11.0. The molecule has 2 saturated heterocycles. The summed E-state index contributed by atoms with van der Waals surface area (Å²) in [6.45, 7) is 6.12. The second-order valence-electron chi connectivity index (χ2n) is 11.0. The lowest BCUT2D eigenvalue weighted by molar-refractivity contribution is -0.384. The number of nitro groups is 1. The van der Waals surface area contributed by atoms with Crippen LogP contribution in [0.15, 0.2) is 72.8 Å². The highest BCUT2D eigenvalue weighted by Crippen LogP contribution is 2.29. The van der Waals surface area contributed by atoms with Crippen LogP contribution in [0.3, 0.4) is 0 Å². The van der Waals surface area contributed by atoms with Crippen molar-refractivity contribution in [2.45, 2.75) is 38.5 Å². The maximum atomic E-state index is 13.9. The lowest BCUT2D eigenvalue weighted by atomic mass is 10.1. The molecule has 0 bridgehead atoms. The zero-order valence-electron chi connectivity index (χ0n) is 24.1. The maximum Gasteiger partial charge on any atom is 0.269 e. The van der Waals surface area contributed by atoms with Crippen molar-refractivity contribution in [3.63, 3.8) is 0 Å². The lowest BCUT2D eigenvalue weighted by Gasteiger charge is -2.32. The number of methoxy groups -OCH3 is 1. The number of piperazine rings is 1. The molecule has 0 saturated carbocycles. The zero-order valence-corrected chi connectivity index (χ0v) is 24.1. The molecule has 0 spiro atoms. The first-order valence-corrected chi connectivity index (χ1v) is 14.3. The maximum absolute atomic E-state index is 13.9. The van der Waals surface area contributed by atoms with Gasteiger partial charge in [0.25, 0.3) is 11.6 Å². The van der Waals surface area contributed by atoms with Crippen LogP contribution in [0.4, 0.5) is 5.69 Å². The van der Waals surface area contributed by atoms with Crippen molar-refractivity contribution in [2.24, 2.45) is 0 Å². The number of carbonyl (C=O) groups excluding carboxylic acids is 2. The third kappa shape index (κ3) is 6.78. The molecule has 0 radical (unpaired) electrons. The largest absolute Gasteiger partial charge is 0.497 e. The molecule has 10 heteroatoms. The molecule has 42 heavy (non-hydrogen) atoms. The Hall–Kier alpha value is -4.28. The Balaban J connectivity index is 1.46. The van der Waals surface area contributed by atoms with Gasteiger partial charge in [-0.05, 0) is 48.7 Å². The van der Waals surface area contributed by atoms with Crippen LogP contribution in [0.2, 0.25) is 0 Å². The van der Waals surface area contributed by atoms with Crippen LogP contribution >= 0.6 is 0 Å². The molecule has 3 aromatic rings. The number of rotatable bonds is 9. The summed E-state index contributed by atoms with van der Waals surface area (Å²) in [6.07, 6.45) is 0.497. The van der Waals surface area contributed by atoms with Gasteiger partial charge in [0, 0.05) is 69.6 Å². The van der Waals surface area contributed by atoms with Gasteiger partial charge in [-0.25, -0.2) is 0 Å². The SMILES string of the molecule is COc1cccc(CN(Cc2ccc([N+](=O)[O-])cc2)C2CC(C(=O)N3CCNCC3)N(C(=O)c3ccc(C)cc3)C2)c1. The molecule has 10 nitrogen and oxygen atoms in total. The van der Waals surface area contributed by atoms with E-state index in [1.807, 2.05) is 60.4 Å². The summed E-state index contributed by atoms with van der Waals surface area (Å²) in [4.78, 5) is 44.4. The number of benzene rings is 3. The molecule has 2 aliphatic heterocycles. The first-order valence-electron chi connectivity index (χ1n) is 14.3. The standard InChI is InChI=1S/C32H37N5O5/c1-23-6-10-26(11-7-23)31(38)36-22-28(19-30(36)32(39)34-16-14-33-15-17-34)35(21-25-4-3-5-29(18-25)42-2)20-24-8-12-27(13-9-24)37(40)41/h3-13,18,28,30,33H,14-17,19-22H2,1-2H3. The van der Waals surface area contributed by atoms with Crippen molar-refractivity contribution in [1.29, 1.82) is 0 Å². The predicted molar refractivity (Wildman–Crippen MR) is 159 cm³/mol. The van der Waals surface area contributed by atoms with E-state index in [9.17, 15) is 19.7 Å². The van der Waals surface area contributed by atoms with Gasteiger partial charge in [0.1, 0.15) is 11.8 Å². The normalized spacial score (nSPS) is 18.7. The fourth-order valence-electron chi connectivity index (χ4n) is 5.77. The molecule has 0 aromatic heterocycles. The van der Waals surface area contributed by atoms with Gasteiger partial charge >= 0.3 is 0 Å². The third-order valence-corrected chi connectivity index (χ3v) is 8.12. The fourth-order valence-corrected chi connectivity index (χ4v) is 5.77. The van der Waals surface area contributed by atoms with E-state index in [0.29, 0.717) is 44.7 Å². The molecule has 2 atom stereocenters. The molecule has 220 valence electrons. The lowest BCUT2D eigenvalue weighted by Crippen LogP contribution is -2.53. The number of likely N-dealkylation sites (tertiary alicyclic amines) is 1. The Morgan fingerprint density at radius 1 is 1.00 bits per heavy atom. The Morgan fingerprint density at radius 3 is 2.36 bits per heavy atom. The second kappa shape index (κ2) is 13.1. The summed E-state index contributed by atoms with van der Waals surface area (Å²) in [7, 11) is 1.63. The topological polar surface area (TPSA) is 108 Å². The van der Waals surface area contributed by atoms with Gasteiger partial charge in [-0.3, -0.25) is 24.6 Å². The van der Waals surface area contributed by atoms with Gasteiger partial charge < -0.3 is 19.9 Å². The highest BCUT2D eigenvalue weighted by Gasteiger charge is 2.43. The first kappa shape index (κ1) is 29.2. The van der Waals surface area contributed by atoms with Crippen molar-refractivity contribution < 1.29 is 19.2 Å². The Bertz CT molecular complexity index is 1410. The molecule has 2 heterocycles. The molecule has 1 N–H and O–H groups in total. The predicted octanol–water partition coefficient (Wildman–Crippen LogP) is 3.63. The fraction of sp³-hybridized carbons (Fsp3) is 0.375. The molecular weight excluding hydrogens is 534 g/mol. The van der Waals surface area contributed by atoms with E-state index in [2.05, 4.69) is 10.2 Å². The number of ether oxygens (including phenoxy) is 1. The van der Waals surface area contributed by atoms with Gasteiger partial charge in [0.15, 0.2) is 0 Å². The molecule has 5 rings (SSSR count). The van der Waals surface area contributed by atoms with Gasteiger partial charge in [0.05, 0.1) is 12.0 Å². The van der Waals surface area contributed by atoms with Crippen molar-refractivity contribution in [2.75, 3.05) is 39.8 Å². The Morgan fingerprint density at radius 2 is 1.69 bits per heavy atom. The first-order chi connectivity index (χ1) is 20.3. The van der Waals surface area contributed by atoms with Crippen LogP contribution in [0, 0.1) is 17.0 Å². The smallest absolute Gasteiger partial charge is 0.269 e. The van der Waals surface area contributed by atoms with Crippen molar-refractivity contribution in [3.8, 4) is 5.75 Å². The number of non-ortho nitro benzene ring substituents is 1. The molecule has 2 fully saturated rings. The highest BCUT2D eigenvalue weighted by molar-refractivity contribution is 5.98. The molecular formula is C32H37N5O5. The number of nitrogens with one attached hydrogen (secondary N) is 1. The third-order valence-electron chi connectivity index (χ3n) is 8.12.